The fraction of sp³-hybridized carbons (Fsp3) is 0.238. The molecule has 1 aromatic heterocycles. The molecule has 1 heterocycles. The van der Waals surface area contributed by atoms with Gasteiger partial charge < -0.3 is 11.5 Å². The number of guanidine groups is 1. The lowest BCUT2D eigenvalue weighted by Crippen LogP contribution is -2.30. The van der Waals surface area contributed by atoms with E-state index in [0.29, 0.717) is 29.8 Å². The number of rotatable bonds is 3. The first-order chi connectivity index (χ1) is 14.1. The van der Waals surface area contributed by atoms with Crippen LogP contribution in [0.2, 0.25) is 0 Å². The molecule has 1 aliphatic rings. The number of fused-ring (bicyclic) bond motifs is 3. The highest BCUT2D eigenvalue weighted by molar-refractivity contribution is 9.10. The smallest absolute Gasteiger partial charge is 0.268 e. The van der Waals surface area contributed by atoms with Crippen LogP contribution in [0.1, 0.15) is 31.5 Å². The average Bonchev–Trinajstić information content (AvgIpc) is 2.99. The Bertz CT molecular complexity index is 1300. The molecule has 0 unspecified atom stereocenters. The summed E-state index contributed by atoms with van der Waals surface area (Å²) in [6, 6.07) is 14.0. The summed E-state index contributed by atoms with van der Waals surface area (Å²) in [7, 11) is -3.82. The molecule has 0 radical (unpaired) electrons. The van der Waals surface area contributed by atoms with Crippen molar-refractivity contribution in [3.63, 3.8) is 0 Å². The molecule has 7 nitrogen and oxygen atoms in total. The molecule has 2 aromatic carbocycles. The Balaban J connectivity index is 2.12. The number of nitrogens with two attached hydrogens (primary N) is 2. The van der Waals surface area contributed by atoms with Gasteiger partial charge in [-0.3, -0.25) is 0 Å². The molecule has 30 heavy (non-hydrogen) atoms. The minimum Gasteiger partial charge on any atom is -0.369 e. The first-order valence-electron chi connectivity index (χ1n) is 9.39. The molecule has 0 aliphatic heterocycles. The van der Waals surface area contributed by atoms with Crippen LogP contribution in [0.4, 0.5) is 0 Å². The van der Waals surface area contributed by atoms with Crippen molar-refractivity contribution in [2.24, 2.45) is 27.1 Å². The summed E-state index contributed by atoms with van der Waals surface area (Å²) in [5.41, 5.74) is 13.5. The van der Waals surface area contributed by atoms with Crippen molar-refractivity contribution >= 4 is 48.5 Å². The average molecular weight is 488 g/mol. The number of hydrogen-bond acceptors (Lipinski definition) is 4. The van der Waals surface area contributed by atoms with Crippen LogP contribution >= 0.6 is 15.9 Å². The second kappa shape index (κ2) is 7.24. The summed E-state index contributed by atoms with van der Waals surface area (Å²) < 4.78 is 29.7. The third kappa shape index (κ3) is 3.52. The van der Waals surface area contributed by atoms with Gasteiger partial charge in [0.2, 0.25) is 5.96 Å². The van der Waals surface area contributed by atoms with Crippen LogP contribution in [0, 0.1) is 5.41 Å². The Morgan fingerprint density at radius 2 is 1.80 bits per heavy atom. The predicted octanol–water partition coefficient (Wildman–Crippen LogP) is 3.59. The molecule has 4 N–H and O–H groups in total. The van der Waals surface area contributed by atoms with Crippen LogP contribution in [-0.4, -0.2) is 24.1 Å². The van der Waals surface area contributed by atoms with E-state index >= 15 is 0 Å². The predicted molar refractivity (Wildman–Crippen MR) is 123 cm³/mol. The maximum Gasteiger partial charge on any atom is 0.268 e. The van der Waals surface area contributed by atoms with Gasteiger partial charge in [0.25, 0.3) is 10.0 Å². The van der Waals surface area contributed by atoms with Gasteiger partial charge in [0, 0.05) is 21.1 Å². The normalized spacial score (nSPS) is 17.1. The Kier molecular flexibility index (Phi) is 4.98. The van der Waals surface area contributed by atoms with E-state index in [2.05, 4.69) is 40.0 Å². The number of hydrogen-bond donors (Lipinski definition) is 2. The Labute approximate surface area is 183 Å². The topological polar surface area (TPSA) is 116 Å². The highest BCUT2D eigenvalue weighted by Crippen LogP contribution is 2.42. The van der Waals surface area contributed by atoms with Crippen LogP contribution in [-0.2, 0) is 16.4 Å². The Hall–Kier alpha value is -2.65. The van der Waals surface area contributed by atoms with E-state index in [-0.39, 0.29) is 16.3 Å². The van der Waals surface area contributed by atoms with Crippen LogP contribution in [0.5, 0.6) is 0 Å². The van der Waals surface area contributed by atoms with E-state index in [1.165, 1.54) is 3.97 Å². The zero-order valence-corrected chi connectivity index (χ0v) is 19.0. The maximum atomic E-state index is 13.7. The van der Waals surface area contributed by atoms with Gasteiger partial charge >= 0.3 is 0 Å². The van der Waals surface area contributed by atoms with E-state index < -0.39 is 10.0 Å². The van der Waals surface area contributed by atoms with E-state index in [1.807, 2.05) is 18.2 Å². The van der Waals surface area contributed by atoms with Gasteiger partial charge in [0.15, 0.2) is 0 Å². The lowest BCUT2D eigenvalue weighted by Gasteiger charge is -2.31. The molecule has 0 spiro atoms. The molecule has 4 rings (SSSR count). The first kappa shape index (κ1) is 20.6. The minimum atomic E-state index is -3.82. The van der Waals surface area contributed by atoms with E-state index in [0.717, 1.165) is 15.4 Å². The lowest BCUT2D eigenvalue weighted by molar-refractivity contribution is 0.367. The zero-order valence-electron chi connectivity index (χ0n) is 16.6. The largest absolute Gasteiger partial charge is 0.369 e. The van der Waals surface area contributed by atoms with Crippen LogP contribution in [0.3, 0.4) is 0 Å². The summed E-state index contributed by atoms with van der Waals surface area (Å²) in [5.74, 6) is -0.144. The number of nitrogens with zero attached hydrogens (tertiary/aromatic N) is 3. The summed E-state index contributed by atoms with van der Waals surface area (Å²) in [6.45, 7) is 4.15. The van der Waals surface area contributed by atoms with Crippen molar-refractivity contribution < 1.29 is 8.42 Å². The van der Waals surface area contributed by atoms with Gasteiger partial charge in [0.05, 0.1) is 16.1 Å². The van der Waals surface area contributed by atoms with Crippen molar-refractivity contribution in [3.05, 3.63) is 64.3 Å². The summed E-state index contributed by atoms with van der Waals surface area (Å²) in [6.07, 6.45) is 1.19. The molecule has 1 aliphatic carbocycles. The maximum absolute atomic E-state index is 13.7. The van der Waals surface area contributed by atoms with E-state index in [4.69, 9.17) is 11.5 Å². The summed E-state index contributed by atoms with van der Waals surface area (Å²) in [5, 5.41) is 8.95. The molecular weight excluding hydrogens is 466 g/mol. The SMILES string of the molecule is CC1(C)C/C(=N/N=C(N)N)c2c(n(S(=O)(=O)c3ccccc3)c3ccc(Br)cc23)C1. The molecule has 3 aromatic rings. The third-order valence-electron chi connectivity index (χ3n) is 5.13. The number of aromatic nitrogens is 1. The minimum absolute atomic E-state index is 0.144. The lowest BCUT2D eigenvalue weighted by atomic mass is 9.75. The molecule has 0 bridgehead atoms. The fourth-order valence-corrected chi connectivity index (χ4v) is 5.94. The van der Waals surface area contributed by atoms with Gasteiger partial charge in [-0.25, -0.2) is 12.4 Å². The molecule has 156 valence electrons. The molecule has 9 heteroatoms. The van der Waals surface area contributed by atoms with Crippen molar-refractivity contribution in [2.45, 2.75) is 31.6 Å². The van der Waals surface area contributed by atoms with Gasteiger partial charge in [-0.15, -0.1) is 5.10 Å². The second-order valence-corrected chi connectivity index (χ2v) is 10.9. The molecule has 0 saturated heterocycles. The second-order valence-electron chi connectivity index (χ2n) is 8.15. The van der Waals surface area contributed by atoms with Crippen LogP contribution < -0.4 is 11.5 Å². The van der Waals surface area contributed by atoms with Crippen molar-refractivity contribution in [2.75, 3.05) is 0 Å². The summed E-state index contributed by atoms with van der Waals surface area (Å²) >= 11 is 3.50. The highest BCUT2D eigenvalue weighted by Gasteiger charge is 2.37. The van der Waals surface area contributed by atoms with Crippen molar-refractivity contribution in [3.8, 4) is 0 Å². The zero-order chi connectivity index (χ0) is 21.7. The molecular formula is C21H22BrN5O2S. The molecule has 0 saturated carbocycles. The quantitative estimate of drug-likeness (QED) is 0.333. The monoisotopic (exact) mass is 487 g/mol. The highest BCUT2D eigenvalue weighted by atomic mass is 79.9. The van der Waals surface area contributed by atoms with Gasteiger partial charge in [-0.2, -0.15) is 5.10 Å². The van der Waals surface area contributed by atoms with Crippen LogP contribution in [0.15, 0.2) is 68.1 Å². The van der Waals surface area contributed by atoms with Gasteiger partial charge in [-0.05, 0) is 48.6 Å². The van der Waals surface area contributed by atoms with E-state index in [9.17, 15) is 8.42 Å². The summed E-state index contributed by atoms with van der Waals surface area (Å²) in [4.78, 5) is 0.235. The fourth-order valence-electron chi connectivity index (χ4n) is 4.00. The van der Waals surface area contributed by atoms with Crippen LogP contribution in [0.25, 0.3) is 10.9 Å². The third-order valence-corrected chi connectivity index (χ3v) is 7.39. The number of halogens is 1. The van der Waals surface area contributed by atoms with Crippen molar-refractivity contribution in [1.82, 2.24) is 3.97 Å². The number of benzene rings is 2. The first-order valence-corrected chi connectivity index (χ1v) is 11.6. The molecule has 0 amide bonds. The molecule has 0 fully saturated rings. The standard InChI is InChI=1S/C21H22BrN5O2S/c1-21(2)11-16(25-26-20(23)24)19-15-10-13(22)8-9-17(15)27(18(19)12-21)30(28,29)14-6-4-3-5-7-14/h3-10H,11-12H2,1-2H3,(H4,23,24,26)/b25-16-. The van der Waals surface area contributed by atoms with Crippen molar-refractivity contribution in [1.29, 1.82) is 0 Å². The van der Waals surface area contributed by atoms with Gasteiger partial charge in [0.1, 0.15) is 0 Å². The Morgan fingerprint density at radius 1 is 1.10 bits per heavy atom. The molecule has 0 atom stereocenters. The van der Waals surface area contributed by atoms with Gasteiger partial charge in [-0.1, -0.05) is 48.0 Å². The van der Waals surface area contributed by atoms with E-state index in [1.54, 1.807) is 30.3 Å². The Morgan fingerprint density at radius 3 is 2.47 bits per heavy atom.